The highest BCUT2D eigenvalue weighted by atomic mass is 19.4. The molecule has 4 aromatic rings. The Labute approximate surface area is 232 Å². The summed E-state index contributed by atoms with van der Waals surface area (Å²) in [7, 11) is 4.54. The number of hydrogen-bond acceptors (Lipinski definition) is 8. The van der Waals surface area contributed by atoms with E-state index in [1.54, 1.807) is 37.1 Å². The first-order valence-corrected chi connectivity index (χ1v) is 12.6. The van der Waals surface area contributed by atoms with E-state index in [2.05, 4.69) is 15.0 Å². The van der Waals surface area contributed by atoms with Crippen molar-refractivity contribution in [2.24, 2.45) is 0 Å². The minimum absolute atomic E-state index is 0.310. The van der Waals surface area contributed by atoms with Crippen molar-refractivity contribution in [3.05, 3.63) is 60.9 Å². The van der Waals surface area contributed by atoms with Crippen LogP contribution in [-0.4, -0.2) is 74.0 Å². The van der Waals surface area contributed by atoms with Crippen LogP contribution in [-0.2, 0) is 23.7 Å². The van der Waals surface area contributed by atoms with Crippen LogP contribution in [0.15, 0.2) is 60.9 Å². The molecule has 0 spiro atoms. The number of imidazole rings is 1. The van der Waals surface area contributed by atoms with Crippen LogP contribution in [0.5, 0.6) is 5.75 Å². The third-order valence-electron chi connectivity index (χ3n) is 6.89. The number of methoxy groups -OCH3 is 3. The lowest BCUT2D eigenvalue weighted by Crippen LogP contribution is -2.59. The van der Waals surface area contributed by atoms with Crippen molar-refractivity contribution in [2.75, 3.05) is 26.6 Å². The van der Waals surface area contributed by atoms with Crippen molar-refractivity contribution >= 4 is 33.6 Å². The first-order valence-electron chi connectivity index (χ1n) is 12.6. The van der Waals surface area contributed by atoms with Crippen LogP contribution in [0.4, 0.5) is 23.7 Å². The lowest BCUT2D eigenvalue weighted by Gasteiger charge is -2.43. The topological polar surface area (TPSA) is 102 Å². The third-order valence-corrected chi connectivity index (χ3v) is 6.89. The average molecular weight is 576 g/mol. The van der Waals surface area contributed by atoms with Gasteiger partial charge in [-0.15, -0.1) is 13.2 Å². The molecule has 5 rings (SSSR count). The summed E-state index contributed by atoms with van der Waals surface area (Å²) in [6.07, 6.45) is -6.98. The van der Waals surface area contributed by atoms with E-state index in [-0.39, 0.29) is 5.75 Å². The first kappa shape index (κ1) is 28.6. The molecule has 0 bridgehead atoms. The van der Waals surface area contributed by atoms with Gasteiger partial charge >= 0.3 is 12.5 Å². The first-order chi connectivity index (χ1) is 19.6. The summed E-state index contributed by atoms with van der Waals surface area (Å²) in [5, 5.41) is 4.33. The number of fused-ring (bicyclic) bond motifs is 3. The number of nitrogens with one attached hydrogen (secondary N) is 1. The van der Waals surface area contributed by atoms with Gasteiger partial charge in [0, 0.05) is 38.1 Å². The van der Waals surface area contributed by atoms with Gasteiger partial charge in [-0.05, 0) is 54.8 Å². The fourth-order valence-corrected chi connectivity index (χ4v) is 5.06. The lowest BCUT2D eigenvalue weighted by atomic mass is 9.99. The Morgan fingerprint density at radius 3 is 2.32 bits per heavy atom. The molecular formula is C28H28F3N3O7. The number of anilines is 1. The molecular weight excluding hydrogens is 547 g/mol. The van der Waals surface area contributed by atoms with Gasteiger partial charge in [-0.3, -0.25) is 9.88 Å². The number of ether oxygens (including phenoxy) is 6. The Morgan fingerprint density at radius 2 is 1.66 bits per heavy atom. The summed E-state index contributed by atoms with van der Waals surface area (Å²) in [6.45, 7) is 1.79. The number of alkyl halides is 3. The van der Waals surface area contributed by atoms with Gasteiger partial charge < -0.3 is 28.4 Å². The van der Waals surface area contributed by atoms with Gasteiger partial charge in [0.25, 0.3) is 0 Å². The van der Waals surface area contributed by atoms with Crippen molar-refractivity contribution < 1.29 is 46.4 Å². The number of amides is 1. The van der Waals surface area contributed by atoms with Crippen LogP contribution in [0.3, 0.4) is 0 Å². The van der Waals surface area contributed by atoms with Crippen LogP contribution in [0.1, 0.15) is 6.92 Å². The van der Waals surface area contributed by atoms with Gasteiger partial charge in [-0.2, -0.15) is 0 Å². The summed E-state index contributed by atoms with van der Waals surface area (Å²) >= 11 is 0. The second kappa shape index (κ2) is 11.5. The fourth-order valence-electron chi connectivity index (χ4n) is 5.06. The second-order valence-electron chi connectivity index (χ2n) is 9.37. The number of aromatic nitrogens is 2. The Hall–Kier alpha value is -3.91. The Morgan fingerprint density at radius 1 is 0.951 bits per heavy atom. The minimum Gasteiger partial charge on any atom is -0.416 e. The van der Waals surface area contributed by atoms with Gasteiger partial charge in [0.1, 0.15) is 30.4 Å². The molecule has 0 unspecified atom stereocenters. The van der Waals surface area contributed by atoms with Crippen LogP contribution in [0.25, 0.3) is 27.5 Å². The maximum absolute atomic E-state index is 12.8. The molecule has 1 amide bonds. The molecule has 1 aliphatic rings. The highest BCUT2D eigenvalue weighted by Gasteiger charge is 2.47. The van der Waals surface area contributed by atoms with Crippen molar-refractivity contribution in [2.45, 2.75) is 44.0 Å². The van der Waals surface area contributed by atoms with E-state index in [1.807, 2.05) is 18.2 Å². The van der Waals surface area contributed by atoms with Crippen LogP contribution in [0.2, 0.25) is 0 Å². The quantitative estimate of drug-likeness (QED) is 0.312. The molecule has 13 heteroatoms. The highest BCUT2D eigenvalue weighted by Crippen LogP contribution is 2.31. The van der Waals surface area contributed by atoms with E-state index in [0.29, 0.717) is 16.9 Å². The predicted octanol–water partition coefficient (Wildman–Crippen LogP) is 5.42. The molecule has 2 heterocycles. The van der Waals surface area contributed by atoms with Crippen LogP contribution in [0, 0.1) is 0 Å². The van der Waals surface area contributed by atoms with E-state index >= 15 is 0 Å². The zero-order chi connectivity index (χ0) is 29.3. The number of benzene rings is 3. The molecule has 0 radical (unpaired) electrons. The fraction of sp³-hybridized carbons (Fsp3) is 0.357. The zero-order valence-electron chi connectivity index (χ0n) is 22.5. The summed E-state index contributed by atoms with van der Waals surface area (Å²) in [4.78, 5) is 17.3. The van der Waals surface area contributed by atoms with Crippen LogP contribution >= 0.6 is 0 Å². The van der Waals surface area contributed by atoms with Gasteiger partial charge in [0.15, 0.2) is 0 Å². The maximum Gasteiger partial charge on any atom is 0.573 e. The van der Waals surface area contributed by atoms with E-state index < -0.39 is 43.2 Å². The average Bonchev–Trinajstić information content (AvgIpc) is 3.36. The molecule has 1 aromatic heterocycles. The molecule has 41 heavy (non-hydrogen) atoms. The molecule has 1 saturated heterocycles. The SMILES string of the molecule is CO[C@@H]1[C@@H](OC)[C@H](C)O[C@@H](OC(=O)Nc2ccc3c(ccc4c3ncn4-c3ccc(OC(F)(F)F)cc3)c2)[C@@H]1OC. The number of hydrogen-bond donors (Lipinski definition) is 1. The Balaban J connectivity index is 1.32. The third kappa shape index (κ3) is 5.93. The monoisotopic (exact) mass is 575 g/mol. The van der Waals surface area contributed by atoms with Crippen molar-refractivity contribution in [1.82, 2.24) is 9.55 Å². The highest BCUT2D eigenvalue weighted by molar-refractivity contribution is 6.06. The normalized spacial score (nSPS) is 23.0. The Bertz CT molecular complexity index is 1530. The van der Waals surface area contributed by atoms with Gasteiger partial charge in [-0.25, -0.2) is 9.78 Å². The number of rotatable bonds is 7. The number of halogens is 3. The molecule has 3 aromatic carbocycles. The molecule has 1 N–H and O–H groups in total. The molecule has 218 valence electrons. The van der Waals surface area contributed by atoms with Gasteiger partial charge in [-0.1, -0.05) is 12.1 Å². The van der Waals surface area contributed by atoms with E-state index in [1.165, 1.54) is 38.5 Å². The maximum atomic E-state index is 12.8. The summed E-state index contributed by atoms with van der Waals surface area (Å²) in [5.41, 5.74) is 2.53. The van der Waals surface area contributed by atoms with Crippen molar-refractivity contribution in [3.63, 3.8) is 0 Å². The summed E-state index contributed by atoms with van der Waals surface area (Å²) in [6, 6.07) is 14.5. The van der Waals surface area contributed by atoms with Gasteiger partial charge in [0.05, 0.1) is 17.1 Å². The predicted molar refractivity (Wildman–Crippen MR) is 142 cm³/mol. The van der Waals surface area contributed by atoms with Crippen LogP contribution < -0.4 is 10.1 Å². The largest absolute Gasteiger partial charge is 0.573 e. The Kier molecular flexibility index (Phi) is 8.04. The molecule has 10 nitrogen and oxygen atoms in total. The zero-order valence-corrected chi connectivity index (χ0v) is 22.5. The van der Waals surface area contributed by atoms with Crippen molar-refractivity contribution in [3.8, 4) is 11.4 Å². The van der Waals surface area contributed by atoms with E-state index in [9.17, 15) is 18.0 Å². The van der Waals surface area contributed by atoms with Crippen molar-refractivity contribution in [1.29, 1.82) is 0 Å². The van der Waals surface area contributed by atoms with E-state index in [0.717, 1.165) is 16.3 Å². The van der Waals surface area contributed by atoms with E-state index in [4.69, 9.17) is 23.7 Å². The smallest absolute Gasteiger partial charge is 0.416 e. The molecule has 5 atom stereocenters. The second-order valence-corrected chi connectivity index (χ2v) is 9.37. The standard InChI is InChI=1S/C28H28F3N3O7/c1-15-23(36-2)24(37-3)25(38-4)26(39-15)40-27(35)33-17-6-11-20-16(13-17)5-12-21-22(20)32-14-34(21)18-7-9-19(10-8-18)41-28(29,30)31/h5-15,23-26H,1-4H3,(H,33,35)/t15-,23-,24+,25+,26-/m0/s1. The molecule has 0 saturated carbocycles. The number of carbonyl (C=O) groups is 1. The number of carbonyl (C=O) groups excluding carboxylic acids is 1. The number of nitrogens with zero attached hydrogens (tertiary/aromatic N) is 2. The summed E-state index contributed by atoms with van der Waals surface area (Å²) in [5.74, 6) is -0.310. The molecule has 0 aliphatic carbocycles. The summed E-state index contributed by atoms with van der Waals surface area (Å²) < 4.78 is 71.1. The van der Waals surface area contributed by atoms with Gasteiger partial charge in [0.2, 0.25) is 6.29 Å². The minimum atomic E-state index is -4.76. The lowest BCUT2D eigenvalue weighted by molar-refractivity contribution is -0.288. The molecule has 1 aliphatic heterocycles. The molecule has 1 fully saturated rings.